The van der Waals surface area contributed by atoms with Gasteiger partial charge in [0.05, 0.1) is 12.4 Å². The number of nitrogen functional groups attached to an aromatic ring is 1. The van der Waals surface area contributed by atoms with Gasteiger partial charge in [-0.1, -0.05) is 0 Å². The molecule has 0 aromatic carbocycles. The third-order valence-corrected chi connectivity index (χ3v) is 2.37. The van der Waals surface area contributed by atoms with Crippen LogP contribution < -0.4 is 5.73 Å². The van der Waals surface area contributed by atoms with Crippen LogP contribution in [0.1, 0.15) is 16.2 Å². The minimum atomic E-state index is -0.346. The van der Waals surface area contributed by atoms with E-state index in [0.29, 0.717) is 4.60 Å². The summed E-state index contributed by atoms with van der Waals surface area (Å²) in [4.78, 5) is 27.3. The van der Waals surface area contributed by atoms with Crippen molar-refractivity contribution in [1.82, 2.24) is 19.9 Å². The molecule has 0 radical (unpaired) electrons. The van der Waals surface area contributed by atoms with Gasteiger partial charge in [0.25, 0.3) is 0 Å². The Bertz CT molecular complexity index is 531. The zero-order valence-corrected chi connectivity index (χ0v) is 9.55. The second kappa shape index (κ2) is 4.31. The number of hydrogen-bond acceptors (Lipinski definition) is 6. The van der Waals surface area contributed by atoms with Gasteiger partial charge in [0.1, 0.15) is 16.0 Å². The Morgan fingerprint density at radius 1 is 1.19 bits per heavy atom. The molecule has 6 nitrogen and oxygen atoms in total. The largest absolute Gasteiger partial charge is 0.381 e. The Morgan fingerprint density at radius 2 is 2.00 bits per heavy atom. The number of carbonyl (C=O) groups excluding carboxylic acids is 1. The smallest absolute Gasteiger partial charge is 0.232 e. The normalized spacial score (nSPS) is 10.1. The van der Waals surface area contributed by atoms with Crippen LogP contribution in [0, 0.1) is 0 Å². The van der Waals surface area contributed by atoms with Gasteiger partial charge in [-0.25, -0.2) is 15.0 Å². The molecule has 0 atom stereocenters. The van der Waals surface area contributed by atoms with Crippen LogP contribution in [0.15, 0.2) is 29.4 Å². The summed E-state index contributed by atoms with van der Waals surface area (Å²) < 4.78 is 0.335. The molecule has 2 N–H and O–H groups in total. The topological polar surface area (TPSA) is 94.7 Å². The molecular formula is C9H6BrN5O. The lowest BCUT2D eigenvalue weighted by molar-refractivity contribution is 0.102. The van der Waals surface area contributed by atoms with Crippen LogP contribution in [0.4, 0.5) is 5.82 Å². The SMILES string of the molecule is Nc1ncc(C(=O)c2cnccn2)nc1Br. The highest BCUT2D eigenvalue weighted by atomic mass is 79.9. The van der Waals surface area contributed by atoms with Crippen molar-refractivity contribution in [2.45, 2.75) is 0 Å². The summed E-state index contributed by atoms with van der Waals surface area (Å²) in [6.45, 7) is 0. The highest BCUT2D eigenvalue weighted by Gasteiger charge is 2.13. The van der Waals surface area contributed by atoms with Crippen molar-refractivity contribution >= 4 is 27.5 Å². The summed E-state index contributed by atoms with van der Waals surface area (Å²) in [6.07, 6.45) is 5.60. The zero-order valence-electron chi connectivity index (χ0n) is 7.96. The molecule has 0 aliphatic heterocycles. The Labute approximate surface area is 99.1 Å². The molecule has 0 saturated heterocycles. The van der Waals surface area contributed by atoms with Gasteiger partial charge in [-0.3, -0.25) is 9.78 Å². The molecule has 2 aromatic heterocycles. The molecule has 2 heterocycles. The van der Waals surface area contributed by atoms with Crippen LogP contribution in [-0.4, -0.2) is 25.7 Å². The van der Waals surface area contributed by atoms with Gasteiger partial charge in [-0.2, -0.15) is 0 Å². The molecule has 80 valence electrons. The fraction of sp³-hybridized carbons (Fsp3) is 0. The van der Waals surface area contributed by atoms with E-state index in [2.05, 4.69) is 35.9 Å². The fourth-order valence-electron chi connectivity index (χ4n) is 1.03. The Morgan fingerprint density at radius 3 is 2.62 bits per heavy atom. The molecule has 7 heteroatoms. The first-order valence-electron chi connectivity index (χ1n) is 4.27. The summed E-state index contributed by atoms with van der Waals surface area (Å²) >= 11 is 3.10. The highest BCUT2D eigenvalue weighted by molar-refractivity contribution is 9.10. The monoisotopic (exact) mass is 279 g/mol. The number of nitrogens with two attached hydrogens (primary N) is 1. The van der Waals surface area contributed by atoms with Crippen molar-refractivity contribution < 1.29 is 4.79 Å². The van der Waals surface area contributed by atoms with E-state index in [0.717, 1.165) is 0 Å². The standard InChI is InChI=1S/C9H6BrN5O/c10-8-9(11)14-4-6(15-8)7(16)5-3-12-1-2-13-5/h1-4H,(H2,11,14). The lowest BCUT2D eigenvalue weighted by Gasteiger charge is -2.00. The van der Waals surface area contributed by atoms with Crippen molar-refractivity contribution in [3.8, 4) is 0 Å². The Kier molecular flexibility index (Phi) is 2.86. The van der Waals surface area contributed by atoms with Crippen LogP contribution in [-0.2, 0) is 0 Å². The lowest BCUT2D eigenvalue weighted by atomic mass is 10.2. The van der Waals surface area contributed by atoms with Crippen molar-refractivity contribution in [1.29, 1.82) is 0 Å². The van der Waals surface area contributed by atoms with Gasteiger partial charge in [0.2, 0.25) is 5.78 Å². The predicted octanol–water partition coefficient (Wildman–Crippen LogP) is 0.842. The Balaban J connectivity index is 2.39. The van der Waals surface area contributed by atoms with Crippen LogP contribution >= 0.6 is 15.9 Å². The maximum absolute atomic E-state index is 11.8. The van der Waals surface area contributed by atoms with Gasteiger partial charge in [-0.05, 0) is 15.9 Å². The van der Waals surface area contributed by atoms with Crippen LogP contribution in [0.3, 0.4) is 0 Å². The first-order chi connectivity index (χ1) is 7.68. The third-order valence-electron chi connectivity index (χ3n) is 1.78. The molecule has 0 unspecified atom stereocenters. The molecule has 0 fully saturated rings. The molecule has 2 aromatic rings. The van der Waals surface area contributed by atoms with Gasteiger partial charge in [-0.15, -0.1) is 0 Å². The zero-order chi connectivity index (χ0) is 11.5. The molecule has 0 aliphatic rings. The molecule has 2 rings (SSSR count). The molecule has 0 amide bonds. The van der Waals surface area contributed by atoms with E-state index in [1.807, 2.05) is 0 Å². The van der Waals surface area contributed by atoms with Crippen LogP contribution in [0.2, 0.25) is 0 Å². The minimum absolute atomic E-state index is 0.168. The van der Waals surface area contributed by atoms with Gasteiger partial charge in [0, 0.05) is 12.4 Å². The number of aromatic nitrogens is 4. The van der Waals surface area contributed by atoms with Crippen molar-refractivity contribution in [2.24, 2.45) is 0 Å². The first-order valence-corrected chi connectivity index (χ1v) is 5.06. The van der Waals surface area contributed by atoms with E-state index in [1.165, 1.54) is 24.8 Å². The van der Waals surface area contributed by atoms with Crippen LogP contribution in [0.25, 0.3) is 0 Å². The maximum Gasteiger partial charge on any atom is 0.232 e. The van der Waals surface area contributed by atoms with Gasteiger partial charge in [0.15, 0.2) is 5.82 Å². The number of anilines is 1. The van der Waals surface area contributed by atoms with E-state index >= 15 is 0 Å². The third kappa shape index (κ3) is 2.03. The van der Waals surface area contributed by atoms with E-state index in [-0.39, 0.29) is 23.0 Å². The summed E-state index contributed by atoms with van der Waals surface area (Å²) in [7, 11) is 0. The second-order valence-electron chi connectivity index (χ2n) is 2.85. The summed E-state index contributed by atoms with van der Waals surface area (Å²) in [5, 5.41) is 0. The predicted molar refractivity (Wildman–Crippen MR) is 59.6 cm³/mol. The van der Waals surface area contributed by atoms with Crippen molar-refractivity contribution in [3.63, 3.8) is 0 Å². The summed E-state index contributed by atoms with van der Waals surface area (Å²) in [5.41, 5.74) is 5.85. The quantitative estimate of drug-likeness (QED) is 0.819. The fourth-order valence-corrected chi connectivity index (χ4v) is 1.33. The summed E-state index contributed by atoms with van der Waals surface area (Å²) in [5.74, 6) is -0.114. The summed E-state index contributed by atoms with van der Waals surface area (Å²) in [6, 6.07) is 0. The number of halogens is 1. The van der Waals surface area contributed by atoms with Crippen molar-refractivity contribution in [2.75, 3.05) is 5.73 Å². The molecule has 0 spiro atoms. The van der Waals surface area contributed by atoms with Crippen molar-refractivity contribution in [3.05, 3.63) is 40.8 Å². The number of ketones is 1. The van der Waals surface area contributed by atoms with Crippen LogP contribution in [0.5, 0.6) is 0 Å². The molecule has 0 aliphatic carbocycles. The average Bonchev–Trinajstić information content (AvgIpc) is 2.33. The number of carbonyl (C=O) groups is 1. The minimum Gasteiger partial charge on any atom is -0.381 e. The second-order valence-corrected chi connectivity index (χ2v) is 3.60. The Hall–Kier alpha value is -1.89. The van der Waals surface area contributed by atoms with E-state index < -0.39 is 0 Å². The maximum atomic E-state index is 11.8. The van der Waals surface area contributed by atoms with Gasteiger partial charge < -0.3 is 5.73 Å². The number of rotatable bonds is 2. The number of hydrogen-bond donors (Lipinski definition) is 1. The number of nitrogens with zero attached hydrogens (tertiary/aromatic N) is 4. The van der Waals surface area contributed by atoms with E-state index in [9.17, 15) is 4.79 Å². The average molecular weight is 280 g/mol. The highest BCUT2D eigenvalue weighted by Crippen LogP contribution is 2.14. The molecule has 16 heavy (non-hydrogen) atoms. The molecule has 0 bridgehead atoms. The molecule has 0 saturated carbocycles. The van der Waals surface area contributed by atoms with E-state index in [1.54, 1.807) is 0 Å². The molecular weight excluding hydrogens is 274 g/mol. The van der Waals surface area contributed by atoms with Gasteiger partial charge >= 0.3 is 0 Å². The first kappa shape index (κ1) is 10.6. The van der Waals surface area contributed by atoms with E-state index in [4.69, 9.17) is 5.73 Å². The lowest BCUT2D eigenvalue weighted by Crippen LogP contribution is -2.08.